The number of halogens is 3. The Balaban J connectivity index is 1.63. The SMILES string of the molecule is CC[C@H](Nc1cc(C)c(-c2sc(C(=O)NC3CN(S(C)(=O)=O)C3)nc2C(=O)N2CCC[C@@H]2C)cn1)C(F)(F)F. The molecular weight excluding hydrogens is 557 g/mol. The lowest BCUT2D eigenvalue weighted by Crippen LogP contribution is -2.60. The van der Waals surface area contributed by atoms with Gasteiger partial charge in [-0.15, -0.1) is 11.3 Å². The first kappa shape index (κ1) is 29.2. The maximum Gasteiger partial charge on any atom is 0.408 e. The molecule has 214 valence electrons. The van der Waals surface area contributed by atoms with Gasteiger partial charge in [0.1, 0.15) is 17.6 Å². The highest BCUT2D eigenvalue weighted by Crippen LogP contribution is 2.36. The van der Waals surface area contributed by atoms with Gasteiger partial charge in [0.2, 0.25) is 10.0 Å². The standard InChI is InChI=1S/C24H31F3N6O4S2/c1-5-17(24(25,26)27)30-18-9-13(2)16(10-28-18)20-19(23(35)33-8-6-7-14(33)3)31-22(38-20)21(34)29-15-11-32(12-15)39(4,36)37/h9-10,14-15,17H,5-8,11-12H2,1-4H3,(H,28,30)(H,29,34)/t14-,17-/m0/s1. The van der Waals surface area contributed by atoms with Gasteiger partial charge >= 0.3 is 6.18 Å². The molecule has 15 heteroatoms. The number of hydrogen-bond acceptors (Lipinski definition) is 8. The molecule has 2 aliphatic heterocycles. The molecule has 2 aromatic heterocycles. The van der Waals surface area contributed by atoms with Crippen molar-refractivity contribution < 1.29 is 31.2 Å². The van der Waals surface area contributed by atoms with Crippen LogP contribution in [-0.2, 0) is 10.0 Å². The van der Waals surface area contributed by atoms with Crippen LogP contribution in [0.15, 0.2) is 12.3 Å². The van der Waals surface area contributed by atoms with Gasteiger partial charge in [0.15, 0.2) is 5.01 Å². The summed E-state index contributed by atoms with van der Waals surface area (Å²) in [7, 11) is -3.35. The molecule has 2 amide bonds. The van der Waals surface area contributed by atoms with E-state index < -0.39 is 28.1 Å². The summed E-state index contributed by atoms with van der Waals surface area (Å²) in [6.45, 7) is 5.90. The number of carbonyl (C=O) groups excluding carboxylic acids is 2. The number of thiazole rings is 1. The number of likely N-dealkylation sites (tertiary alicyclic amines) is 1. The number of anilines is 1. The summed E-state index contributed by atoms with van der Waals surface area (Å²) >= 11 is 0.992. The zero-order valence-corrected chi connectivity index (χ0v) is 23.6. The molecule has 2 fully saturated rings. The first-order valence-corrected chi connectivity index (χ1v) is 15.2. The summed E-state index contributed by atoms with van der Waals surface area (Å²) in [5.41, 5.74) is 1.13. The van der Waals surface area contributed by atoms with Crippen LogP contribution in [0.2, 0.25) is 0 Å². The van der Waals surface area contributed by atoms with E-state index in [1.165, 1.54) is 23.5 Å². The fraction of sp³-hybridized carbons (Fsp3) is 0.583. The van der Waals surface area contributed by atoms with Crippen LogP contribution in [0.5, 0.6) is 0 Å². The Morgan fingerprint density at radius 2 is 1.97 bits per heavy atom. The Kier molecular flexibility index (Phi) is 8.24. The average molecular weight is 589 g/mol. The third kappa shape index (κ3) is 6.35. The van der Waals surface area contributed by atoms with Crippen molar-refractivity contribution >= 4 is 39.0 Å². The number of aromatic nitrogens is 2. The number of alkyl halides is 3. The quantitative estimate of drug-likeness (QED) is 0.485. The maximum absolute atomic E-state index is 13.5. The van der Waals surface area contributed by atoms with Crippen LogP contribution in [0.1, 0.15) is 59.0 Å². The summed E-state index contributed by atoms with van der Waals surface area (Å²) < 4.78 is 64.2. The predicted octanol–water partition coefficient (Wildman–Crippen LogP) is 3.26. The molecule has 2 aliphatic rings. The number of amides is 2. The first-order valence-electron chi connectivity index (χ1n) is 12.6. The van der Waals surface area contributed by atoms with Crippen molar-refractivity contribution in [3.63, 3.8) is 0 Å². The summed E-state index contributed by atoms with van der Waals surface area (Å²) in [4.78, 5) is 37.2. The number of rotatable bonds is 8. The lowest BCUT2D eigenvalue weighted by Gasteiger charge is -2.37. The zero-order chi connectivity index (χ0) is 28.7. The van der Waals surface area contributed by atoms with Crippen molar-refractivity contribution in [3.8, 4) is 10.4 Å². The van der Waals surface area contributed by atoms with Crippen molar-refractivity contribution in [2.75, 3.05) is 31.2 Å². The summed E-state index contributed by atoms with van der Waals surface area (Å²) in [6.07, 6.45) is -0.441. The zero-order valence-electron chi connectivity index (χ0n) is 22.0. The van der Waals surface area contributed by atoms with E-state index in [9.17, 15) is 31.2 Å². The fourth-order valence-corrected chi connectivity index (χ4v) is 6.57. The molecule has 39 heavy (non-hydrogen) atoms. The highest BCUT2D eigenvalue weighted by Gasteiger charge is 2.39. The van der Waals surface area contributed by atoms with E-state index in [4.69, 9.17) is 0 Å². The summed E-state index contributed by atoms with van der Waals surface area (Å²) in [6, 6.07) is -0.663. The summed E-state index contributed by atoms with van der Waals surface area (Å²) in [5, 5.41) is 5.20. The fourth-order valence-electron chi connectivity index (χ4n) is 4.63. The van der Waals surface area contributed by atoms with Gasteiger partial charge in [0, 0.05) is 37.4 Å². The van der Waals surface area contributed by atoms with E-state index in [1.54, 1.807) is 11.8 Å². The van der Waals surface area contributed by atoms with Gasteiger partial charge in [-0.2, -0.15) is 17.5 Å². The predicted molar refractivity (Wildman–Crippen MR) is 141 cm³/mol. The topological polar surface area (TPSA) is 125 Å². The van der Waals surface area contributed by atoms with Crippen LogP contribution < -0.4 is 10.6 Å². The maximum atomic E-state index is 13.5. The molecule has 4 heterocycles. The monoisotopic (exact) mass is 588 g/mol. The molecule has 2 N–H and O–H groups in total. The lowest BCUT2D eigenvalue weighted by atomic mass is 10.1. The van der Waals surface area contributed by atoms with Crippen LogP contribution in [-0.4, -0.2) is 89.6 Å². The molecule has 0 spiro atoms. The lowest BCUT2D eigenvalue weighted by molar-refractivity contribution is -0.142. The van der Waals surface area contributed by atoms with Crippen LogP contribution in [0.3, 0.4) is 0 Å². The van der Waals surface area contributed by atoms with E-state index in [0.29, 0.717) is 22.5 Å². The number of nitrogens with one attached hydrogen (secondary N) is 2. The van der Waals surface area contributed by atoms with Gasteiger partial charge < -0.3 is 15.5 Å². The molecule has 0 unspecified atom stereocenters. The second-order valence-electron chi connectivity index (χ2n) is 9.97. The number of aryl methyl sites for hydroxylation is 1. The Hall–Kier alpha value is -2.78. The minimum Gasteiger partial charge on any atom is -0.359 e. The van der Waals surface area contributed by atoms with Crippen LogP contribution in [0, 0.1) is 6.92 Å². The van der Waals surface area contributed by atoms with Crippen LogP contribution >= 0.6 is 11.3 Å². The number of sulfonamides is 1. The molecule has 4 rings (SSSR count). The second-order valence-corrected chi connectivity index (χ2v) is 12.9. The molecule has 10 nitrogen and oxygen atoms in total. The first-order chi connectivity index (χ1) is 18.2. The van der Waals surface area contributed by atoms with E-state index in [0.717, 1.165) is 30.4 Å². The molecule has 2 saturated heterocycles. The van der Waals surface area contributed by atoms with Gasteiger partial charge in [-0.25, -0.2) is 18.4 Å². The summed E-state index contributed by atoms with van der Waals surface area (Å²) in [5.74, 6) is -0.820. The third-order valence-corrected chi connectivity index (χ3v) is 9.29. The van der Waals surface area contributed by atoms with Gasteiger partial charge in [0.25, 0.3) is 11.8 Å². The Morgan fingerprint density at radius 3 is 2.51 bits per heavy atom. The number of carbonyl (C=O) groups is 2. The van der Waals surface area contributed by atoms with Crippen LogP contribution in [0.4, 0.5) is 19.0 Å². The van der Waals surface area contributed by atoms with Gasteiger partial charge in [-0.1, -0.05) is 6.92 Å². The molecule has 2 aromatic rings. The largest absolute Gasteiger partial charge is 0.408 e. The van der Waals surface area contributed by atoms with E-state index in [1.807, 2.05) is 6.92 Å². The van der Waals surface area contributed by atoms with Crippen molar-refractivity contribution in [2.24, 2.45) is 0 Å². The van der Waals surface area contributed by atoms with Crippen molar-refractivity contribution in [2.45, 2.75) is 64.3 Å². The van der Waals surface area contributed by atoms with Gasteiger partial charge in [0.05, 0.1) is 17.2 Å². The Morgan fingerprint density at radius 1 is 1.28 bits per heavy atom. The minimum absolute atomic E-state index is 0.000391. The molecule has 0 saturated carbocycles. The van der Waals surface area contributed by atoms with Crippen molar-refractivity contribution in [1.29, 1.82) is 0 Å². The minimum atomic E-state index is -4.44. The van der Waals surface area contributed by atoms with Gasteiger partial charge in [-0.3, -0.25) is 9.59 Å². The average Bonchev–Trinajstić information content (AvgIpc) is 3.44. The highest BCUT2D eigenvalue weighted by atomic mass is 32.2. The molecular formula is C24H31F3N6O4S2. The third-order valence-electron chi connectivity index (χ3n) is 6.97. The normalized spacial score (nSPS) is 19.6. The Bertz CT molecular complexity index is 1360. The van der Waals surface area contributed by atoms with E-state index >= 15 is 0 Å². The van der Waals surface area contributed by atoms with Gasteiger partial charge in [-0.05, 0) is 44.7 Å². The second kappa shape index (κ2) is 11.0. The van der Waals surface area contributed by atoms with Crippen molar-refractivity contribution in [3.05, 3.63) is 28.5 Å². The number of pyridine rings is 1. The Labute approximate surface area is 229 Å². The molecule has 0 aliphatic carbocycles. The molecule has 0 bridgehead atoms. The number of hydrogen-bond donors (Lipinski definition) is 2. The van der Waals surface area contributed by atoms with Crippen LogP contribution in [0.25, 0.3) is 10.4 Å². The van der Waals surface area contributed by atoms with Crippen molar-refractivity contribution in [1.82, 2.24) is 24.5 Å². The molecule has 0 aromatic carbocycles. The van der Waals surface area contributed by atoms with E-state index in [2.05, 4.69) is 20.6 Å². The highest BCUT2D eigenvalue weighted by molar-refractivity contribution is 7.88. The molecule has 2 atom stereocenters. The molecule has 0 radical (unpaired) electrons. The smallest absolute Gasteiger partial charge is 0.359 e. The van der Waals surface area contributed by atoms with E-state index in [-0.39, 0.29) is 54.0 Å². The number of nitrogens with zero attached hydrogens (tertiary/aromatic N) is 4.